The summed E-state index contributed by atoms with van der Waals surface area (Å²) in [6.07, 6.45) is 2.37. The van der Waals surface area contributed by atoms with Gasteiger partial charge in [0.25, 0.3) is 5.79 Å². The second-order valence-electron chi connectivity index (χ2n) is 7.06. The van der Waals surface area contributed by atoms with Crippen LogP contribution in [0.2, 0.25) is 0 Å². The van der Waals surface area contributed by atoms with Crippen molar-refractivity contribution in [1.82, 2.24) is 9.73 Å². The molecule has 0 aromatic carbocycles. The third-order valence-electron chi connectivity index (χ3n) is 5.06. The van der Waals surface area contributed by atoms with Crippen LogP contribution < -0.4 is 5.43 Å². The molecule has 1 amide bonds. The molecule has 2 N–H and O–H groups in total. The van der Waals surface area contributed by atoms with Crippen molar-refractivity contribution in [1.29, 1.82) is 0 Å². The highest BCUT2D eigenvalue weighted by molar-refractivity contribution is 9.11. The zero-order valence-electron chi connectivity index (χ0n) is 15.7. The first-order valence-corrected chi connectivity index (χ1v) is 13.8. The number of amides is 1. The molecule has 2 aliphatic heterocycles. The summed E-state index contributed by atoms with van der Waals surface area (Å²) in [5, 5.41) is 10.6. The number of sulfonamides is 2. The Bertz CT molecular complexity index is 979. The maximum absolute atomic E-state index is 13.5. The molecule has 0 saturated carbocycles. The monoisotopic (exact) mass is 532 g/mol. The highest BCUT2D eigenvalue weighted by atomic mass is 79.9. The van der Waals surface area contributed by atoms with Gasteiger partial charge in [0.15, 0.2) is 4.21 Å². The Morgan fingerprint density at radius 3 is 2.41 bits per heavy atom. The molecule has 0 spiro atoms. The van der Waals surface area contributed by atoms with Gasteiger partial charge >= 0.3 is 15.9 Å². The van der Waals surface area contributed by atoms with Crippen molar-refractivity contribution in [2.45, 2.75) is 29.3 Å². The van der Waals surface area contributed by atoms with Gasteiger partial charge in [-0.1, -0.05) is 0 Å². The minimum atomic E-state index is -4.13. The predicted molar refractivity (Wildman–Crippen MR) is 109 cm³/mol. The molecule has 0 bridgehead atoms. The Morgan fingerprint density at radius 1 is 1.28 bits per heavy atom. The lowest BCUT2D eigenvalue weighted by atomic mass is 10.1. The highest BCUT2D eigenvalue weighted by Gasteiger charge is 2.53. The fraction of sp³-hybridized carbons (Fsp3) is 0.667. The second-order valence-corrected chi connectivity index (χ2v) is 13.9. The van der Waals surface area contributed by atoms with E-state index in [0.717, 1.165) is 17.6 Å². The van der Waals surface area contributed by atoms with Crippen molar-refractivity contribution < 1.29 is 35.5 Å². The summed E-state index contributed by atoms with van der Waals surface area (Å²) in [5.41, 5.74) is 2.47. The SMILES string of the molecule is CS(=O)(=O)N1CC[N+](NC(=O)[C@@]2(O)CCCCO2)(S(=O)(=O)c2ccc(Br)s2)CC1. The number of nitrogens with zero attached hydrogens (tertiary/aromatic N) is 2. The number of rotatable bonds is 5. The first-order valence-electron chi connectivity index (χ1n) is 8.91. The van der Waals surface area contributed by atoms with Crippen molar-refractivity contribution in [2.24, 2.45) is 0 Å². The molecule has 1 aromatic heterocycles. The highest BCUT2D eigenvalue weighted by Crippen LogP contribution is 2.33. The molecule has 2 aliphatic rings. The lowest BCUT2D eigenvalue weighted by molar-refractivity contribution is -0.848. The molecule has 2 saturated heterocycles. The lowest BCUT2D eigenvalue weighted by Crippen LogP contribution is -2.72. The summed E-state index contributed by atoms with van der Waals surface area (Å²) in [6.45, 7) is -0.399. The van der Waals surface area contributed by atoms with E-state index in [1.807, 2.05) is 0 Å². The molecule has 3 heterocycles. The van der Waals surface area contributed by atoms with Gasteiger partial charge < -0.3 is 9.84 Å². The third kappa shape index (κ3) is 4.54. The summed E-state index contributed by atoms with van der Waals surface area (Å²) < 4.78 is 56.8. The number of nitrogens with one attached hydrogen (secondary N) is 1. The fourth-order valence-corrected chi connectivity index (χ4v) is 8.17. The Labute approximate surface area is 182 Å². The molecule has 0 radical (unpaired) electrons. The zero-order valence-corrected chi connectivity index (χ0v) is 19.7. The van der Waals surface area contributed by atoms with Gasteiger partial charge in [0.1, 0.15) is 13.1 Å². The summed E-state index contributed by atoms with van der Waals surface area (Å²) in [7, 11) is -7.63. The van der Waals surface area contributed by atoms with E-state index < -0.39 is 35.7 Å². The Kier molecular flexibility index (Phi) is 6.48. The van der Waals surface area contributed by atoms with E-state index >= 15 is 0 Å². The van der Waals surface area contributed by atoms with Crippen LogP contribution in [0.3, 0.4) is 0 Å². The molecule has 0 unspecified atom stereocenters. The molecule has 164 valence electrons. The van der Waals surface area contributed by atoms with Crippen LogP contribution in [0.1, 0.15) is 19.3 Å². The normalized spacial score (nSPS) is 26.2. The number of thiophene rings is 1. The Morgan fingerprint density at radius 2 is 1.93 bits per heavy atom. The predicted octanol–water partition coefficient (Wildman–Crippen LogP) is 0.212. The average molecular weight is 533 g/mol. The van der Waals surface area contributed by atoms with E-state index in [0.29, 0.717) is 16.6 Å². The summed E-state index contributed by atoms with van der Waals surface area (Å²) in [6, 6.07) is 3.01. The molecule has 0 aliphatic carbocycles. The number of halogens is 1. The van der Waals surface area contributed by atoms with Crippen molar-refractivity contribution >= 4 is 53.2 Å². The van der Waals surface area contributed by atoms with E-state index in [4.69, 9.17) is 4.74 Å². The van der Waals surface area contributed by atoms with Crippen LogP contribution in [0.4, 0.5) is 0 Å². The van der Waals surface area contributed by atoms with Crippen LogP contribution >= 0.6 is 27.3 Å². The summed E-state index contributed by atoms with van der Waals surface area (Å²) in [4.78, 5) is 12.9. The number of carbonyl (C=O) groups excluding carboxylic acids is 1. The van der Waals surface area contributed by atoms with Crippen LogP contribution in [-0.4, -0.2) is 81.0 Å². The van der Waals surface area contributed by atoms with Gasteiger partial charge in [0.2, 0.25) is 10.0 Å². The number of hydrogen-bond donors (Lipinski definition) is 2. The summed E-state index contributed by atoms with van der Waals surface area (Å²) in [5.74, 6) is -3.05. The minimum Gasteiger partial charge on any atom is -0.358 e. The molecule has 29 heavy (non-hydrogen) atoms. The number of quaternary nitrogens is 1. The molecule has 2 fully saturated rings. The zero-order chi connectivity index (χ0) is 21.5. The molecular formula is C15H23BrN3O7S3+. The first kappa shape index (κ1) is 23.1. The number of carbonyl (C=O) groups is 1. The van der Waals surface area contributed by atoms with Gasteiger partial charge in [0.05, 0.1) is 29.7 Å². The fourth-order valence-electron chi connectivity index (χ4n) is 3.35. The molecular weight excluding hydrogens is 510 g/mol. The third-order valence-corrected chi connectivity index (χ3v) is 10.7. The van der Waals surface area contributed by atoms with Crippen molar-refractivity contribution in [3.05, 3.63) is 15.9 Å². The van der Waals surface area contributed by atoms with E-state index in [2.05, 4.69) is 21.4 Å². The molecule has 10 nitrogen and oxygen atoms in total. The number of piperazine rings is 1. The smallest absolute Gasteiger partial charge is 0.358 e. The summed E-state index contributed by atoms with van der Waals surface area (Å²) >= 11 is 4.23. The van der Waals surface area contributed by atoms with Gasteiger partial charge in [-0.15, -0.1) is 15.3 Å². The first-order chi connectivity index (χ1) is 13.4. The van der Waals surface area contributed by atoms with E-state index in [1.54, 1.807) is 6.07 Å². The quantitative estimate of drug-likeness (QED) is 0.518. The largest absolute Gasteiger partial charge is 0.359 e. The number of aliphatic hydroxyl groups is 1. The van der Waals surface area contributed by atoms with Crippen LogP contribution in [0.5, 0.6) is 0 Å². The van der Waals surface area contributed by atoms with Gasteiger partial charge in [-0.25, -0.2) is 8.42 Å². The maximum Gasteiger partial charge on any atom is 0.359 e. The van der Waals surface area contributed by atoms with E-state index in [9.17, 15) is 26.7 Å². The maximum atomic E-state index is 13.5. The van der Waals surface area contributed by atoms with Gasteiger partial charge in [-0.3, -0.25) is 4.79 Å². The Hall–Kier alpha value is -0.610. The lowest BCUT2D eigenvalue weighted by Gasteiger charge is -2.42. The van der Waals surface area contributed by atoms with Crippen LogP contribution in [0.25, 0.3) is 0 Å². The van der Waals surface area contributed by atoms with Gasteiger partial charge in [-0.2, -0.15) is 18.1 Å². The minimum absolute atomic E-state index is 0.0223. The average Bonchev–Trinajstić information content (AvgIpc) is 3.09. The second kappa shape index (κ2) is 8.15. The Balaban J connectivity index is 1.95. The van der Waals surface area contributed by atoms with E-state index in [-0.39, 0.29) is 43.4 Å². The van der Waals surface area contributed by atoms with Gasteiger partial charge in [0, 0.05) is 6.42 Å². The van der Waals surface area contributed by atoms with Crippen LogP contribution in [-0.2, 0) is 29.6 Å². The number of hydrogen-bond acceptors (Lipinski definition) is 8. The number of ether oxygens (including phenoxy) is 1. The van der Waals surface area contributed by atoms with Crippen LogP contribution in [0.15, 0.2) is 20.1 Å². The molecule has 3 rings (SSSR count). The van der Waals surface area contributed by atoms with Crippen molar-refractivity contribution in [2.75, 3.05) is 39.0 Å². The molecule has 1 aromatic rings. The van der Waals surface area contributed by atoms with Crippen LogP contribution in [0, 0.1) is 0 Å². The van der Waals surface area contributed by atoms with E-state index in [1.165, 1.54) is 10.4 Å². The van der Waals surface area contributed by atoms with Gasteiger partial charge in [-0.05, 0) is 40.9 Å². The molecule has 14 heteroatoms. The molecule has 1 atom stereocenters. The van der Waals surface area contributed by atoms with Crippen molar-refractivity contribution in [3.8, 4) is 0 Å². The standard InChI is InChI=1S/C15H22BrN3O7S3/c1-28(22,23)18-7-9-19(10-8-18,29(24,25)13-5-4-12(16)27-13)17-14(20)15(21)6-2-3-11-26-15/h4-5,21H,2-3,6-11H2,1H3/p+1/t15-/m1/s1. The topological polar surface area (TPSA) is 130 Å². The van der Waals surface area contributed by atoms with Crippen molar-refractivity contribution in [3.63, 3.8) is 0 Å².